The number of thiocarbonyl (C=S) groups is 1. The summed E-state index contributed by atoms with van der Waals surface area (Å²) in [6.45, 7) is 0.0611. The number of carbonyl (C=O) groups excluding carboxylic acids is 2. The van der Waals surface area contributed by atoms with Crippen LogP contribution in [0.15, 0.2) is 47.5 Å². The Morgan fingerprint density at radius 3 is 2.46 bits per heavy atom. The molecule has 2 aromatic carbocycles. The Balaban J connectivity index is 1.35. The van der Waals surface area contributed by atoms with Crippen molar-refractivity contribution >= 4 is 62.7 Å². The summed E-state index contributed by atoms with van der Waals surface area (Å²) in [7, 11) is 4.48. The van der Waals surface area contributed by atoms with E-state index in [0.717, 1.165) is 23.9 Å². The van der Waals surface area contributed by atoms with Crippen molar-refractivity contribution in [3.05, 3.63) is 69.1 Å². The van der Waals surface area contributed by atoms with Gasteiger partial charge in [0, 0.05) is 30.5 Å². The van der Waals surface area contributed by atoms with Crippen molar-refractivity contribution in [3.63, 3.8) is 0 Å². The fourth-order valence-corrected chi connectivity index (χ4v) is 6.10. The van der Waals surface area contributed by atoms with Gasteiger partial charge < -0.3 is 19.5 Å². The minimum absolute atomic E-state index is 0.0353. The first kappa shape index (κ1) is 30.3. The van der Waals surface area contributed by atoms with Crippen LogP contribution in [0.2, 0.25) is 0 Å². The predicted octanol–water partition coefficient (Wildman–Crippen LogP) is 6.01. The molecule has 0 aliphatic carbocycles. The summed E-state index contributed by atoms with van der Waals surface area (Å²) in [4.78, 5) is 32.2. The molecule has 0 bridgehead atoms. The Kier molecular flexibility index (Phi) is 9.56. The fraction of sp³-hybridized carbons (Fsp3) is 0.259. The highest BCUT2D eigenvalue weighted by Gasteiger charge is 2.33. The maximum Gasteiger partial charge on any atom is 0.416 e. The summed E-state index contributed by atoms with van der Waals surface area (Å²) in [6, 6.07) is 8.48. The molecule has 0 saturated carbocycles. The van der Waals surface area contributed by atoms with Crippen molar-refractivity contribution < 1.29 is 37.0 Å². The van der Waals surface area contributed by atoms with E-state index in [1.807, 2.05) is 0 Å². The molecular weight excluding hydrogens is 600 g/mol. The molecule has 216 valence electrons. The Morgan fingerprint density at radius 2 is 1.83 bits per heavy atom. The molecule has 1 saturated heterocycles. The van der Waals surface area contributed by atoms with Crippen LogP contribution in [-0.2, 0) is 22.2 Å². The SMILES string of the molecule is COc1cc(/C=C2\SC(=S)N(CCC(=O)Nc3ncc(Cc4cccc(C(F)(F)F)c4)s3)C2=O)cc(OC)c1OC. The number of methoxy groups -OCH3 is 3. The van der Waals surface area contributed by atoms with E-state index >= 15 is 0 Å². The average Bonchev–Trinajstić information content (AvgIpc) is 3.48. The lowest BCUT2D eigenvalue weighted by atomic mass is 10.1. The van der Waals surface area contributed by atoms with E-state index in [-0.39, 0.29) is 31.2 Å². The third-order valence-corrected chi connectivity index (χ3v) is 8.14. The maximum atomic E-state index is 13.0. The second-order valence-corrected chi connectivity index (χ2v) is 11.4. The molecule has 1 fully saturated rings. The van der Waals surface area contributed by atoms with Crippen LogP contribution >= 0.6 is 35.3 Å². The lowest BCUT2D eigenvalue weighted by Gasteiger charge is -2.14. The molecule has 2 amide bonds. The highest BCUT2D eigenvalue weighted by atomic mass is 32.2. The van der Waals surface area contributed by atoms with Crippen molar-refractivity contribution in [1.29, 1.82) is 0 Å². The zero-order valence-corrected chi connectivity index (χ0v) is 24.5. The quantitative estimate of drug-likeness (QED) is 0.217. The fourth-order valence-electron chi connectivity index (χ4n) is 3.93. The summed E-state index contributed by atoms with van der Waals surface area (Å²) < 4.78 is 55.3. The standard InChI is InChI=1S/C27H24F3N3O5S3/c1-36-19-11-16(12-20(37-2)23(19)38-3)13-21-24(35)33(26(39)41-21)8-7-22(34)32-25-31-14-18(40-25)10-15-5-4-6-17(9-15)27(28,29)30/h4-6,9,11-14H,7-8,10H2,1-3H3,(H,31,32,34)/b21-13-. The monoisotopic (exact) mass is 623 g/mol. The van der Waals surface area contributed by atoms with Crippen molar-refractivity contribution in [2.24, 2.45) is 0 Å². The minimum Gasteiger partial charge on any atom is -0.493 e. The van der Waals surface area contributed by atoms with E-state index in [2.05, 4.69) is 10.3 Å². The van der Waals surface area contributed by atoms with Crippen LogP contribution in [0, 0.1) is 0 Å². The van der Waals surface area contributed by atoms with Gasteiger partial charge in [0.25, 0.3) is 5.91 Å². The number of nitrogens with zero attached hydrogens (tertiary/aromatic N) is 2. The smallest absolute Gasteiger partial charge is 0.416 e. The van der Waals surface area contributed by atoms with Crippen molar-refractivity contribution in [2.75, 3.05) is 33.2 Å². The number of benzene rings is 2. The average molecular weight is 624 g/mol. The van der Waals surface area contributed by atoms with E-state index < -0.39 is 11.7 Å². The van der Waals surface area contributed by atoms with Crippen LogP contribution in [0.5, 0.6) is 17.2 Å². The Hall–Kier alpha value is -3.62. The largest absolute Gasteiger partial charge is 0.493 e. The molecule has 0 spiro atoms. The molecule has 41 heavy (non-hydrogen) atoms. The third-order valence-electron chi connectivity index (χ3n) is 5.85. The van der Waals surface area contributed by atoms with Gasteiger partial charge in [-0.3, -0.25) is 14.5 Å². The highest BCUT2D eigenvalue weighted by Crippen LogP contribution is 2.40. The van der Waals surface area contributed by atoms with Gasteiger partial charge in [-0.2, -0.15) is 13.2 Å². The van der Waals surface area contributed by atoms with E-state index in [9.17, 15) is 22.8 Å². The zero-order valence-electron chi connectivity index (χ0n) is 22.0. The molecule has 2 heterocycles. The van der Waals surface area contributed by atoms with Crippen LogP contribution in [0.3, 0.4) is 0 Å². The summed E-state index contributed by atoms with van der Waals surface area (Å²) >= 11 is 7.66. The zero-order chi connectivity index (χ0) is 29.7. The number of amides is 2. The molecule has 1 aliphatic rings. The molecule has 0 radical (unpaired) electrons. The number of thiazole rings is 1. The Labute approximate surface area is 247 Å². The van der Waals surface area contributed by atoms with E-state index in [0.29, 0.717) is 47.6 Å². The normalized spacial score (nSPS) is 14.5. The number of anilines is 1. The summed E-state index contributed by atoms with van der Waals surface area (Å²) in [6.07, 6.45) is -1.05. The highest BCUT2D eigenvalue weighted by molar-refractivity contribution is 8.26. The number of halogens is 3. The molecular formula is C27H24F3N3O5S3. The van der Waals surface area contributed by atoms with Gasteiger partial charge in [0.2, 0.25) is 11.7 Å². The van der Waals surface area contributed by atoms with E-state index in [1.54, 1.807) is 24.3 Å². The van der Waals surface area contributed by atoms with E-state index in [4.69, 9.17) is 26.4 Å². The minimum atomic E-state index is -4.42. The number of nitrogens with one attached hydrogen (secondary N) is 1. The molecule has 8 nitrogen and oxygen atoms in total. The molecule has 1 aromatic heterocycles. The van der Waals surface area contributed by atoms with E-state index in [1.165, 1.54) is 49.8 Å². The third kappa shape index (κ3) is 7.37. The Bertz CT molecular complexity index is 1480. The van der Waals surface area contributed by atoms with Crippen molar-refractivity contribution in [2.45, 2.75) is 19.0 Å². The number of hydrogen-bond acceptors (Lipinski definition) is 9. The topological polar surface area (TPSA) is 90.0 Å². The number of hydrogen-bond donors (Lipinski definition) is 1. The van der Waals surface area contributed by atoms with Gasteiger partial charge in [-0.05, 0) is 35.4 Å². The van der Waals surface area contributed by atoms with Crippen LogP contribution in [0.25, 0.3) is 6.08 Å². The summed E-state index contributed by atoms with van der Waals surface area (Å²) in [5.41, 5.74) is 0.403. The van der Waals surface area contributed by atoms with Gasteiger partial charge in [-0.25, -0.2) is 4.98 Å². The molecule has 1 aliphatic heterocycles. The first-order valence-corrected chi connectivity index (χ1v) is 14.0. The molecule has 0 atom stereocenters. The van der Waals surface area contributed by atoms with Gasteiger partial charge in [0.15, 0.2) is 16.6 Å². The lowest BCUT2D eigenvalue weighted by Crippen LogP contribution is -2.31. The van der Waals surface area contributed by atoms with Gasteiger partial charge in [0.1, 0.15) is 4.32 Å². The summed E-state index contributed by atoms with van der Waals surface area (Å²) in [5.74, 6) is 0.580. The molecule has 3 aromatic rings. The van der Waals surface area contributed by atoms with Gasteiger partial charge in [-0.15, -0.1) is 11.3 Å². The number of ether oxygens (including phenoxy) is 3. The van der Waals surface area contributed by atoms with Gasteiger partial charge in [-0.1, -0.05) is 42.2 Å². The molecule has 4 rings (SSSR count). The van der Waals surface area contributed by atoms with Crippen molar-refractivity contribution in [3.8, 4) is 17.2 Å². The first-order valence-electron chi connectivity index (χ1n) is 12.0. The van der Waals surface area contributed by atoms with Gasteiger partial charge >= 0.3 is 6.18 Å². The van der Waals surface area contributed by atoms with Crippen LogP contribution < -0.4 is 19.5 Å². The van der Waals surface area contributed by atoms with Crippen molar-refractivity contribution in [1.82, 2.24) is 9.88 Å². The number of thioether (sulfide) groups is 1. The lowest BCUT2D eigenvalue weighted by molar-refractivity contribution is -0.137. The van der Waals surface area contributed by atoms with Crippen LogP contribution in [-0.4, -0.2) is 53.9 Å². The number of carbonyl (C=O) groups is 2. The van der Waals surface area contributed by atoms with Gasteiger partial charge in [0.05, 0.1) is 31.8 Å². The number of alkyl halides is 3. The molecule has 1 N–H and O–H groups in total. The first-order chi connectivity index (χ1) is 19.5. The second-order valence-electron chi connectivity index (χ2n) is 8.60. The second kappa shape index (κ2) is 12.9. The number of rotatable bonds is 10. The maximum absolute atomic E-state index is 13.0. The molecule has 14 heteroatoms. The predicted molar refractivity (Wildman–Crippen MR) is 156 cm³/mol. The summed E-state index contributed by atoms with van der Waals surface area (Å²) in [5, 5.41) is 2.98. The van der Waals surface area contributed by atoms with Crippen LogP contribution in [0.1, 0.15) is 28.0 Å². The van der Waals surface area contributed by atoms with Crippen LogP contribution in [0.4, 0.5) is 18.3 Å². The number of aromatic nitrogens is 1. The molecule has 0 unspecified atom stereocenters. The Morgan fingerprint density at radius 1 is 1.12 bits per heavy atom.